The van der Waals surface area contributed by atoms with Gasteiger partial charge >= 0.3 is 0 Å². The number of nitrogens with one attached hydrogen (secondary N) is 3. The molecule has 1 heterocycles. The summed E-state index contributed by atoms with van der Waals surface area (Å²) in [6.45, 7) is 1.44. The first-order valence-electron chi connectivity index (χ1n) is 17.8. The highest BCUT2D eigenvalue weighted by molar-refractivity contribution is 7.87. The first kappa shape index (κ1) is 45.1. The molecule has 0 bridgehead atoms. The molecule has 8 N–H and O–H groups in total. The van der Waals surface area contributed by atoms with Crippen molar-refractivity contribution in [1.82, 2.24) is 15.0 Å². The fourth-order valence-electron chi connectivity index (χ4n) is 6.06. The fraction of sp³-hybridized carbons (Fsp3) is 0.0541. The van der Waals surface area contributed by atoms with Crippen molar-refractivity contribution in [2.24, 2.45) is 20.5 Å². The molecular weight excluding hydrogens is 921 g/mol. The van der Waals surface area contributed by atoms with Crippen LogP contribution < -0.4 is 16.0 Å². The Morgan fingerprint density at radius 2 is 0.781 bits per heavy atom. The van der Waals surface area contributed by atoms with Crippen LogP contribution >= 0.6 is 0 Å². The van der Waals surface area contributed by atoms with Crippen molar-refractivity contribution < 1.29 is 57.0 Å². The van der Waals surface area contributed by atoms with Gasteiger partial charge in [-0.2, -0.15) is 69.1 Å². The molecule has 7 rings (SSSR count). The SMILES string of the molecule is CC(O)Nc1nc(Nc2ccc(N=Nc3cc(S(=O)(=O)O)c4cccc(S(=O)(=O)O)c4c3)cc2)nc(Nc2ccc(N=Nc3cc(S(=O)(=O)O)c4cccc(S(=O)(=O)O)c4c3)cc2)n1. The third-order valence-electron chi connectivity index (χ3n) is 8.70. The van der Waals surface area contributed by atoms with Gasteiger partial charge in [-0.15, -0.1) is 0 Å². The molecule has 0 aliphatic heterocycles. The van der Waals surface area contributed by atoms with E-state index in [0.29, 0.717) is 11.4 Å². The summed E-state index contributed by atoms with van der Waals surface area (Å²) in [5.41, 5.74) is 1.08. The number of aliphatic hydroxyl groups excluding tert-OH is 1. The predicted molar refractivity (Wildman–Crippen MR) is 230 cm³/mol. The van der Waals surface area contributed by atoms with Crippen molar-refractivity contribution in [2.75, 3.05) is 16.0 Å². The first-order valence-corrected chi connectivity index (χ1v) is 23.6. The Bertz CT molecular complexity index is 3280. The normalized spacial score (nSPS) is 13.2. The number of aromatic nitrogens is 3. The quantitative estimate of drug-likeness (QED) is 0.0302. The van der Waals surface area contributed by atoms with E-state index in [9.17, 15) is 57.0 Å². The summed E-state index contributed by atoms with van der Waals surface area (Å²) in [7, 11) is -19.3. The Morgan fingerprint density at radius 1 is 0.438 bits per heavy atom. The standard InChI is InChI=1S/C37H30N10O13S4/c1-20(48)38-35-41-36(39-21-8-12-23(13-9-21)44-46-25-16-29-27(33(18-25)63(55,56)57)4-2-6-31(29)61(49,50)51)43-37(42-35)40-22-10-14-24(15-11-22)45-47-26-17-30-28(34(19-26)64(58,59)60)5-3-7-32(30)62(52,53)54/h2-20,48H,1H3,(H,49,50,51)(H,52,53,54)(H,55,56,57)(H,58,59,60)(H3,38,39,40,41,42,43). The smallest absolute Gasteiger partial charge is 0.295 e. The number of anilines is 5. The van der Waals surface area contributed by atoms with Crippen molar-refractivity contribution in [2.45, 2.75) is 32.7 Å². The lowest BCUT2D eigenvalue weighted by Crippen LogP contribution is -2.17. The highest BCUT2D eigenvalue weighted by Crippen LogP contribution is 2.36. The average molecular weight is 951 g/mol. The van der Waals surface area contributed by atoms with E-state index in [1.165, 1.54) is 67.6 Å². The molecular formula is C37H30N10O13S4. The van der Waals surface area contributed by atoms with Crippen molar-refractivity contribution in [3.63, 3.8) is 0 Å². The number of fused-ring (bicyclic) bond motifs is 2. The Balaban J connectivity index is 1.09. The van der Waals surface area contributed by atoms with Gasteiger partial charge in [-0.25, -0.2) is 0 Å². The van der Waals surface area contributed by atoms with Crippen LogP contribution in [-0.2, 0) is 40.5 Å². The maximum Gasteiger partial charge on any atom is 0.295 e. The summed E-state index contributed by atoms with van der Waals surface area (Å²) in [6.07, 6.45) is -1.07. The van der Waals surface area contributed by atoms with Crippen LogP contribution in [-0.4, -0.2) is 78.2 Å². The second kappa shape index (κ2) is 17.3. The maximum atomic E-state index is 12.2. The largest absolute Gasteiger partial charge is 0.374 e. The molecule has 7 aromatic rings. The van der Waals surface area contributed by atoms with Crippen LogP contribution in [0.3, 0.4) is 0 Å². The van der Waals surface area contributed by atoms with Crippen LogP contribution in [0.25, 0.3) is 21.5 Å². The van der Waals surface area contributed by atoms with Crippen molar-refractivity contribution in [3.8, 4) is 0 Å². The molecule has 0 amide bonds. The average Bonchev–Trinajstić information content (AvgIpc) is 3.20. The second-order valence-corrected chi connectivity index (χ2v) is 18.9. The topological polar surface area (TPSA) is 362 Å². The van der Waals surface area contributed by atoms with Crippen LogP contribution in [0.1, 0.15) is 6.92 Å². The zero-order valence-corrected chi connectivity index (χ0v) is 35.5. The van der Waals surface area contributed by atoms with Crippen LogP contribution in [0.5, 0.6) is 0 Å². The summed E-state index contributed by atoms with van der Waals surface area (Å²) in [5, 5.41) is 34.0. The molecule has 0 spiro atoms. The van der Waals surface area contributed by atoms with E-state index >= 15 is 0 Å². The van der Waals surface area contributed by atoms with Crippen LogP contribution in [0.15, 0.2) is 149 Å². The zero-order valence-electron chi connectivity index (χ0n) is 32.2. The lowest BCUT2D eigenvalue weighted by Gasteiger charge is -2.12. The fourth-order valence-corrected chi connectivity index (χ4v) is 8.91. The van der Waals surface area contributed by atoms with E-state index in [0.717, 1.165) is 24.3 Å². The minimum atomic E-state index is -4.86. The molecule has 1 aromatic heterocycles. The van der Waals surface area contributed by atoms with E-state index < -0.39 is 66.3 Å². The van der Waals surface area contributed by atoms with E-state index in [2.05, 4.69) is 51.4 Å². The molecule has 0 saturated carbocycles. The molecule has 27 heteroatoms. The zero-order chi connectivity index (χ0) is 46.2. The molecule has 1 unspecified atom stereocenters. The molecule has 0 saturated heterocycles. The molecule has 6 aromatic carbocycles. The number of aliphatic hydroxyl groups is 1. The molecule has 23 nitrogen and oxygen atoms in total. The lowest BCUT2D eigenvalue weighted by atomic mass is 10.1. The second-order valence-electron chi connectivity index (χ2n) is 13.4. The summed E-state index contributed by atoms with van der Waals surface area (Å²) in [4.78, 5) is 10.4. The molecule has 0 radical (unpaired) electrons. The van der Waals surface area contributed by atoms with Gasteiger partial charge in [0.25, 0.3) is 40.5 Å². The highest BCUT2D eigenvalue weighted by Gasteiger charge is 2.23. The first-order chi connectivity index (χ1) is 30.0. The van der Waals surface area contributed by atoms with Crippen LogP contribution in [0.4, 0.5) is 52.0 Å². The number of rotatable bonds is 14. The van der Waals surface area contributed by atoms with Gasteiger partial charge in [0, 0.05) is 32.9 Å². The number of benzene rings is 6. The molecule has 0 aliphatic carbocycles. The van der Waals surface area contributed by atoms with Crippen molar-refractivity contribution in [3.05, 3.63) is 109 Å². The van der Waals surface area contributed by atoms with Gasteiger partial charge in [0.15, 0.2) is 0 Å². The molecule has 330 valence electrons. The number of hydrogen-bond donors (Lipinski definition) is 8. The number of hydrogen-bond acceptors (Lipinski definition) is 19. The van der Waals surface area contributed by atoms with Crippen molar-refractivity contribution in [1.29, 1.82) is 0 Å². The van der Waals surface area contributed by atoms with E-state index in [1.807, 2.05) is 0 Å². The van der Waals surface area contributed by atoms with Crippen molar-refractivity contribution >= 4 is 114 Å². The summed E-state index contributed by atoms with van der Waals surface area (Å²) >= 11 is 0. The molecule has 0 aliphatic rings. The molecule has 64 heavy (non-hydrogen) atoms. The Kier molecular flexibility index (Phi) is 12.2. The van der Waals surface area contributed by atoms with Gasteiger partial charge < -0.3 is 21.1 Å². The van der Waals surface area contributed by atoms with E-state index in [1.54, 1.807) is 24.3 Å². The number of azo groups is 2. The van der Waals surface area contributed by atoms with Crippen LogP contribution in [0.2, 0.25) is 0 Å². The summed E-state index contributed by atoms with van der Waals surface area (Å²) < 4.78 is 136. The molecule has 1 atom stereocenters. The summed E-state index contributed by atoms with van der Waals surface area (Å²) in [5.74, 6) is 0.000961. The van der Waals surface area contributed by atoms with Gasteiger partial charge in [0.2, 0.25) is 17.8 Å². The maximum absolute atomic E-state index is 12.2. The van der Waals surface area contributed by atoms with Gasteiger partial charge in [-0.1, -0.05) is 24.3 Å². The van der Waals surface area contributed by atoms with E-state index in [4.69, 9.17) is 0 Å². The van der Waals surface area contributed by atoms with E-state index in [-0.39, 0.29) is 62.1 Å². The monoisotopic (exact) mass is 950 g/mol. The third kappa shape index (κ3) is 10.6. The van der Waals surface area contributed by atoms with Gasteiger partial charge in [-0.05, 0) is 91.9 Å². The minimum absolute atomic E-state index is 0.0146. The Morgan fingerprint density at radius 3 is 1.12 bits per heavy atom. The Labute approximate surface area is 362 Å². The van der Waals surface area contributed by atoms with Gasteiger partial charge in [0.1, 0.15) is 25.8 Å². The highest BCUT2D eigenvalue weighted by atomic mass is 32.2. The van der Waals surface area contributed by atoms with Gasteiger partial charge in [-0.3, -0.25) is 18.2 Å². The predicted octanol–water partition coefficient (Wildman–Crippen LogP) is 7.23. The minimum Gasteiger partial charge on any atom is -0.374 e. The van der Waals surface area contributed by atoms with Crippen LogP contribution in [0, 0.1) is 0 Å². The lowest BCUT2D eigenvalue weighted by molar-refractivity contribution is 0.223. The Hall–Kier alpha value is -6.95. The number of nitrogens with zero attached hydrogens (tertiary/aromatic N) is 7. The van der Waals surface area contributed by atoms with Gasteiger partial charge in [0.05, 0.1) is 22.7 Å². The summed E-state index contributed by atoms with van der Waals surface area (Å²) in [6, 6.07) is 23.7. The third-order valence-corrected chi connectivity index (χ3v) is 12.3. The molecule has 0 fully saturated rings.